The number of carbonyl (C=O) groups excluding carboxylic acids is 2. The lowest BCUT2D eigenvalue weighted by molar-refractivity contribution is -0.124. The monoisotopic (exact) mass is 351 g/mol. The van der Waals surface area contributed by atoms with Gasteiger partial charge in [-0.3, -0.25) is 14.5 Å². The number of rotatable bonds is 4. The molecule has 25 heavy (non-hydrogen) atoms. The molecule has 0 unspecified atom stereocenters. The molecule has 0 radical (unpaired) electrons. The summed E-state index contributed by atoms with van der Waals surface area (Å²) in [6.07, 6.45) is 2.03. The van der Waals surface area contributed by atoms with Crippen molar-refractivity contribution in [2.24, 2.45) is 0 Å². The van der Waals surface area contributed by atoms with Crippen LogP contribution in [0, 0.1) is 0 Å². The number of benzene rings is 2. The highest BCUT2D eigenvalue weighted by atomic mass is 32.2. The first-order chi connectivity index (χ1) is 12.1. The Morgan fingerprint density at radius 1 is 1.00 bits per heavy atom. The average Bonchev–Trinajstić information content (AvgIpc) is 3.12. The minimum Gasteiger partial charge on any atom is -0.399 e. The summed E-state index contributed by atoms with van der Waals surface area (Å²) in [5, 5.41) is 0.899. The van der Waals surface area contributed by atoms with E-state index >= 15 is 0 Å². The molecule has 2 amide bonds. The average molecular weight is 351 g/mol. The van der Waals surface area contributed by atoms with Gasteiger partial charge in [-0.25, -0.2) is 0 Å². The van der Waals surface area contributed by atoms with Crippen LogP contribution in [0.3, 0.4) is 0 Å². The number of amides is 2. The predicted octanol–water partition coefficient (Wildman–Crippen LogP) is 3.47. The van der Waals surface area contributed by atoms with Crippen LogP contribution in [0.2, 0.25) is 0 Å². The third-order valence-corrected chi connectivity index (χ3v) is 5.23. The molecule has 3 aromatic rings. The zero-order chi connectivity index (χ0) is 17.4. The quantitative estimate of drug-likeness (QED) is 0.731. The van der Waals surface area contributed by atoms with Gasteiger partial charge in [0.1, 0.15) is 0 Å². The number of aromatic nitrogens is 1. The number of nitrogen functional groups attached to an aromatic ring is 1. The van der Waals surface area contributed by atoms with E-state index in [1.165, 1.54) is 4.90 Å². The van der Waals surface area contributed by atoms with E-state index in [-0.39, 0.29) is 16.9 Å². The summed E-state index contributed by atoms with van der Waals surface area (Å²) >= 11 is 1.07. The van der Waals surface area contributed by atoms with Gasteiger partial charge in [-0.15, -0.1) is 0 Å². The summed E-state index contributed by atoms with van der Waals surface area (Å²) in [4.78, 5) is 25.2. The molecule has 1 aliphatic rings. The van der Waals surface area contributed by atoms with Crippen LogP contribution in [0.4, 0.5) is 10.5 Å². The number of nitrogens with zero attached hydrogens (tertiary/aromatic N) is 2. The number of carbonyl (C=O) groups is 2. The minimum atomic E-state index is -0.166. The third kappa shape index (κ3) is 3.00. The Morgan fingerprint density at radius 2 is 1.76 bits per heavy atom. The van der Waals surface area contributed by atoms with E-state index in [0.29, 0.717) is 13.1 Å². The van der Waals surface area contributed by atoms with Crippen LogP contribution in [0.25, 0.3) is 10.9 Å². The lowest BCUT2D eigenvalue weighted by atomic mass is 10.1. The van der Waals surface area contributed by atoms with E-state index in [0.717, 1.165) is 39.5 Å². The molecule has 2 N–H and O–H groups in total. The molecule has 1 aromatic heterocycles. The number of hydrogen-bond donors (Lipinski definition) is 1. The number of fused-ring (bicyclic) bond motifs is 1. The zero-order valence-electron chi connectivity index (χ0n) is 13.5. The van der Waals surface area contributed by atoms with Crippen LogP contribution in [0.15, 0.2) is 54.7 Å². The molecule has 0 atom stereocenters. The van der Waals surface area contributed by atoms with Crippen LogP contribution >= 0.6 is 11.8 Å². The van der Waals surface area contributed by atoms with Crippen molar-refractivity contribution in [2.75, 3.05) is 11.5 Å². The normalized spacial score (nSPS) is 14.6. The second-order valence-electron chi connectivity index (χ2n) is 6.08. The zero-order valence-corrected chi connectivity index (χ0v) is 14.3. The summed E-state index contributed by atoms with van der Waals surface area (Å²) < 4.78 is 2.15. The molecule has 6 heteroatoms. The van der Waals surface area contributed by atoms with Gasteiger partial charge in [-0.2, -0.15) is 0 Å². The molecule has 2 heterocycles. The number of hydrogen-bond acceptors (Lipinski definition) is 4. The summed E-state index contributed by atoms with van der Waals surface area (Å²) in [6.45, 7) is 1.03. The summed E-state index contributed by atoms with van der Waals surface area (Å²) in [6, 6.07) is 15.8. The maximum Gasteiger partial charge on any atom is 0.289 e. The lowest BCUT2D eigenvalue weighted by Crippen LogP contribution is -2.27. The van der Waals surface area contributed by atoms with Crippen molar-refractivity contribution < 1.29 is 9.59 Å². The van der Waals surface area contributed by atoms with Gasteiger partial charge in [0, 0.05) is 29.3 Å². The van der Waals surface area contributed by atoms with E-state index in [9.17, 15) is 9.59 Å². The van der Waals surface area contributed by atoms with Crippen molar-refractivity contribution in [1.29, 1.82) is 0 Å². The Balaban J connectivity index is 1.70. The van der Waals surface area contributed by atoms with Crippen LogP contribution < -0.4 is 5.73 Å². The Kier molecular flexibility index (Phi) is 3.97. The molecule has 0 bridgehead atoms. The number of thioether (sulfide) groups is 1. The van der Waals surface area contributed by atoms with Gasteiger partial charge in [0.15, 0.2) is 0 Å². The van der Waals surface area contributed by atoms with E-state index in [2.05, 4.69) is 10.6 Å². The number of anilines is 1. The number of para-hydroxylation sites is 1. The second-order valence-corrected chi connectivity index (χ2v) is 7.00. The Bertz CT molecular complexity index is 946. The molecule has 126 valence electrons. The predicted molar refractivity (Wildman–Crippen MR) is 100 cm³/mol. The van der Waals surface area contributed by atoms with E-state index in [1.54, 1.807) is 0 Å². The highest BCUT2D eigenvalue weighted by Crippen LogP contribution is 2.27. The molecule has 4 rings (SSSR count). The molecule has 1 saturated heterocycles. The fraction of sp³-hybridized carbons (Fsp3) is 0.158. The smallest absolute Gasteiger partial charge is 0.289 e. The van der Waals surface area contributed by atoms with Gasteiger partial charge >= 0.3 is 0 Å². The van der Waals surface area contributed by atoms with Crippen molar-refractivity contribution in [3.05, 3.63) is 65.9 Å². The van der Waals surface area contributed by atoms with Gasteiger partial charge < -0.3 is 10.3 Å². The van der Waals surface area contributed by atoms with Crippen molar-refractivity contribution in [2.45, 2.75) is 13.1 Å². The van der Waals surface area contributed by atoms with Crippen molar-refractivity contribution in [1.82, 2.24) is 9.47 Å². The fourth-order valence-electron chi connectivity index (χ4n) is 3.10. The molecular formula is C19H17N3O2S. The molecule has 0 aliphatic carbocycles. The molecule has 1 aliphatic heterocycles. The Morgan fingerprint density at radius 3 is 2.48 bits per heavy atom. The summed E-state index contributed by atoms with van der Waals surface area (Å²) in [5.74, 6) is 0.119. The Hall–Kier alpha value is -2.73. The van der Waals surface area contributed by atoms with Gasteiger partial charge in [0.05, 0.1) is 12.3 Å². The molecule has 1 fully saturated rings. The van der Waals surface area contributed by atoms with Gasteiger partial charge in [0.2, 0.25) is 5.91 Å². The van der Waals surface area contributed by atoms with Crippen molar-refractivity contribution in [3.8, 4) is 0 Å². The molecule has 2 aromatic carbocycles. The van der Waals surface area contributed by atoms with Crippen LogP contribution in [0.5, 0.6) is 0 Å². The van der Waals surface area contributed by atoms with E-state index < -0.39 is 0 Å². The maximum absolute atomic E-state index is 11.9. The summed E-state index contributed by atoms with van der Waals surface area (Å²) in [5.41, 5.74) is 9.70. The van der Waals surface area contributed by atoms with Crippen molar-refractivity contribution in [3.63, 3.8) is 0 Å². The largest absolute Gasteiger partial charge is 0.399 e. The van der Waals surface area contributed by atoms with Gasteiger partial charge in [-0.1, -0.05) is 42.1 Å². The van der Waals surface area contributed by atoms with Crippen LogP contribution in [-0.2, 0) is 17.9 Å². The first kappa shape index (κ1) is 15.8. The number of imide groups is 1. The van der Waals surface area contributed by atoms with Gasteiger partial charge in [-0.05, 0) is 29.3 Å². The highest BCUT2D eigenvalue weighted by molar-refractivity contribution is 8.14. The standard InChI is InChI=1S/C19H17N3O2S/c20-15-7-5-13(6-8-15)9-21-10-14(16-3-1-2-4-17(16)21)11-22-18(23)12-25-19(22)24/h1-8,10H,9,11-12,20H2. The van der Waals surface area contributed by atoms with Gasteiger partial charge in [0.25, 0.3) is 5.24 Å². The first-order valence-corrected chi connectivity index (χ1v) is 8.98. The SMILES string of the molecule is Nc1ccc(Cn2cc(CN3C(=O)CSC3=O)c3ccccc32)cc1. The van der Waals surface area contributed by atoms with Crippen molar-refractivity contribution >= 4 is 39.5 Å². The molecule has 0 saturated carbocycles. The third-order valence-electron chi connectivity index (χ3n) is 4.37. The maximum atomic E-state index is 11.9. The topological polar surface area (TPSA) is 68.3 Å². The van der Waals surface area contributed by atoms with E-state index in [1.807, 2.05) is 48.7 Å². The van der Waals surface area contributed by atoms with E-state index in [4.69, 9.17) is 5.73 Å². The lowest BCUT2D eigenvalue weighted by Gasteiger charge is -2.11. The molecular weight excluding hydrogens is 334 g/mol. The minimum absolute atomic E-state index is 0.120. The number of nitrogens with two attached hydrogens (primary N) is 1. The molecule has 0 spiro atoms. The first-order valence-electron chi connectivity index (χ1n) is 8.00. The van der Waals surface area contributed by atoms with Crippen LogP contribution in [0.1, 0.15) is 11.1 Å². The Labute approximate surface area is 149 Å². The van der Waals surface area contributed by atoms with Crippen LogP contribution in [-0.4, -0.2) is 26.4 Å². The molecule has 5 nitrogen and oxygen atoms in total. The highest BCUT2D eigenvalue weighted by Gasteiger charge is 2.30. The second kappa shape index (κ2) is 6.29. The fourth-order valence-corrected chi connectivity index (χ4v) is 3.83. The summed E-state index contributed by atoms with van der Waals surface area (Å²) in [7, 11) is 0.